The van der Waals surface area contributed by atoms with Crippen LogP contribution in [0.3, 0.4) is 0 Å². The highest BCUT2D eigenvalue weighted by Gasteiger charge is 2.33. The van der Waals surface area contributed by atoms with Gasteiger partial charge < -0.3 is 10.4 Å². The number of thiazole rings is 1. The summed E-state index contributed by atoms with van der Waals surface area (Å²) in [4.78, 5) is 26.8. The quantitative estimate of drug-likeness (QED) is 0.508. The monoisotopic (exact) mass is 464 g/mol. The Morgan fingerprint density at radius 2 is 1.73 bits per heavy atom. The smallest absolute Gasteiger partial charge is 0.307 e. The van der Waals surface area contributed by atoms with Gasteiger partial charge in [0.2, 0.25) is 5.91 Å². The number of carbonyl (C=O) groups excluding carboxylic acids is 1. The molecule has 5 nitrogen and oxygen atoms in total. The van der Waals surface area contributed by atoms with Crippen molar-refractivity contribution in [3.05, 3.63) is 91.5 Å². The number of benzene rings is 2. The molecule has 2 atom stereocenters. The van der Waals surface area contributed by atoms with Gasteiger partial charge >= 0.3 is 4.87 Å². The van der Waals surface area contributed by atoms with Crippen molar-refractivity contribution in [2.24, 2.45) is 5.92 Å². The molecule has 0 bridgehead atoms. The van der Waals surface area contributed by atoms with Crippen LogP contribution >= 0.6 is 11.3 Å². The molecule has 2 aromatic carbocycles. The van der Waals surface area contributed by atoms with Gasteiger partial charge in [-0.25, -0.2) is 0 Å². The summed E-state index contributed by atoms with van der Waals surface area (Å²) in [6.45, 7) is 4.35. The van der Waals surface area contributed by atoms with Crippen LogP contribution < -0.4 is 10.2 Å². The fraction of sp³-hybridized carbons (Fsp3) is 0.407. The molecule has 1 unspecified atom stereocenters. The van der Waals surface area contributed by atoms with Crippen LogP contribution in [0.25, 0.3) is 0 Å². The van der Waals surface area contributed by atoms with Crippen LogP contribution in [-0.4, -0.2) is 22.2 Å². The first-order valence-electron chi connectivity index (χ1n) is 11.7. The van der Waals surface area contributed by atoms with Crippen molar-refractivity contribution < 1.29 is 9.90 Å². The first-order chi connectivity index (χ1) is 16.0. The minimum absolute atomic E-state index is 0.0296. The van der Waals surface area contributed by atoms with Crippen LogP contribution in [-0.2, 0) is 11.3 Å². The third-order valence-corrected chi connectivity index (χ3v) is 7.91. The van der Waals surface area contributed by atoms with Crippen molar-refractivity contribution in [2.45, 2.75) is 58.0 Å². The van der Waals surface area contributed by atoms with Crippen molar-refractivity contribution >= 4 is 17.2 Å². The third kappa shape index (κ3) is 5.28. The molecule has 0 saturated heterocycles. The van der Waals surface area contributed by atoms with Crippen LogP contribution in [0, 0.1) is 19.8 Å². The number of aryl methyl sites for hydroxylation is 1. The number of hydrogen-bond donors (Lipinski definition) is 2. The molecule has 1 aliphatic rings. The number of aromatic nitrogens is 1. The lowest BCUT2D eigenvalue weighted by atomic mass is 9.83. The Bertz CT molecular complexity index is 1130. The maximum absolute atomic E-state index is 13.5. The highest BCUT2D eigenvalue weighted by molar-refractivity contribution is 7.09. The summed E-state index contributed by atoms with van der Waals surface area (Å²) < 4.78 is 1.81. The molecule has 0 radical (unpaired) electrons. The van der Waals surface area contributed by atoms with E-state index >= 15 is 0 Å². The maximum Gasteiger partial charge on any atom is 0.307 e. The number of amides is 1. The van der Waals surface area contributed by atoms with Gasteiger partial charge in [-0.15, -0.1) is 0 Å². The van der Waals surface area contributed by atoms with Crippen molar-refractivity contribution in [2.75, 3.05) is 6.61 Å². The molecule has 0 aliphatic heterocycles. The van der Waals surface area contributed by atoms with Crippen molar-refractivity contribution in [1.82, 2.24) is 9.88 Å². The normalized spacial score (nSPS) is 16.0. The molecule has 3 aromatic rings. The van der Waals surface area contributed by atoms with Gasteiger partial charge in [0.25, 0.3) is 0 Å². The number of hydrogen-bond acceptors (Lipinski definition) is 4. The van der Waals surface area contributed by atoms with Crippen LogP contribution in [0.2, 0.25) is 0 Å². The summed E-state index contributed by atoms with van der Waals surface area (Å²) >= 11 is 1.28. The third-order valence-electron chi connectivity index (χ3n) is 6.91. The van der Waals surface area contributed by atoms with Gasteiger partial charge in [0.05, 0.1) is 25.1 Å². The largest absolute Gasteiger partial charge is 0.394 e. The molecule has 33 heavy (non-hydrogen) atoms. The predicted molar refractivity (Wildman–Crippen MR) is 133 cm³/mol. The summed E-state index contributed by atoms with van der Waals surface area (Å²) in [5, 5.41) is 13.0. The molecular formula is C27H32N2O3S. The minimum atomic E-state index is -0.418. The number of nitrogens with zero attached hydrogens (tertiary/aromatic N) is 1. The van der Waals surface area contributed by atoms with E-state index in [9.17, 15) is 14.7 Å². The van der Waals surface area contributed by atoms with Crippen LogP contribution in [0.4, 0.5) is 0 Å². The molecule has 0 spiro atoms. The number of nitrogens with one attached hydrogen (secondary N) is 1. The number of aliphatic hydroxyl groups is 1. The van der Waals surface area contributed by atoms with E-state index in [0.29, 0.717) is 12.5 Å². The summed E-state index contributed by atoms with van der Waals surface area (Å²) in [6.07, 6.45) is 4.37. The van der Waals surface area contributed by atoms with Gasteiger partial charge in [-0.1, -0.05) is 78.8 Å². The van der Waals surface area contributed by atoms with E-state index in [1.54, 1.807) is 0 Å². The second-order valence-electron chi connectivity index (χ2n) is 9.01. The molecule has 6 heteroatoms. The van der Waals surface area contributed by atoms with E-state index < -0.39 is 6.04 Å². The van der Waals surface area contributed by atoms with E-state index in [4.69, 9.17) is 0 Å². The zero-order valence-corrected chi connectivity index (χ0v) is 20.1. The number of aliphatic hydroxyl groups excluding tert-OH is 1. The lowest BCUT2D eigenvalue weighted by Gasteiger charge is -2.26. The topological polar surface area (TPSA) is 71.3 Å². The van der Waals surface area contributed by atoms with Gasteiger partial charge in [-0.05, 0) is 49.3 Å². The Labute approximate surface area is 199 Å². The van der Waals surface area contributed by atoms with E-state index in [-0.39, 0.29) is 23.3 Å². The molecule has 4 rings (SSSR count). The minimum Gasteiger partial charge on any atom is -0.394 e. The molecule has 1 fully saturated rings. The van der Waals surface area contributed by atoms with Gasteiger partial charge in [0.15, 0.2) is 0 Å². The molecular weight excluding hydrogens is 432 g/mol. The van der Waals surface area contributed by atoms with E-state index in [1.165, 1.54) is 11.3 Å². The SMILES string of the molecule is Cc1sc(=O)n(Cc2ccc(C(C(=O)N[C@@H](CO)c3ccccc3)C3CCCC3)cc2)c1C. The summed E-state index contributed by atoms with van der Waals surface area (Å²) in [7, 11) is 0. The Balaban J connectivity index is 1.55. The first kappa shape index (κ1) is 23.5. The second-order valence-corrected chi connectivity index (χ2v) is 10.2. The number of rotatable bonds is 8. The van der Waals surface area contributed by atoms with Crippen LogP contribution in [0.1, 0.15) is 64.9 Å². The van der Waals surface area contributed by atoms with Gasteiger partial charge in [-0.2, -0.15) is 0 Å². The highest BCUT2D eigenvalue weighted by Crippen LogP contribution is 2.38. The zero-order chi connectivity index (χ0) is 23.4. The van der Waals surface area contributed by atoms with Crippen LogP contribution in [0.15, 0.2) is 59.4 Å². The van der Waals surface area contributed by atoms with Crippen LogP contribution in [0.5, 0.6) is 0 Å². The zero-order valence-electron chi connectivity index (χ0n) is 19.3. The molecule has 1 aromatic heterocycles. The number of carbonyl (C=O) groups is 1. The summed E-state index contributed by atoms with van der Waals surface area (Å²) in [5.74, 6) is 0.0283. The standard InChI is InChI=1S/C27H32N2O3S/c1-18-19(2)33-27(32)29(18)16-20-12-14-23(15-13-20)25(22-10-6-7-11-22)26(31)28-24(17-30)21-8-4-3-5-9-21/h3-5,8-9,12-15,22,24-25,30H,6-7,10-11,16-17H2,1-2H3,(H,28,31)/t24-,25?/m0/s1. The van der Waals surface area contributed by atoms with Gasteiger partial charge in [0.1, 0.15) is 0 Å². The van der Waals surface area contributed by atoms with Gasteiger partial charge in [-0.3, -0.25) is 14.2 Å². The van der Waals surface area contributed by atoms with E-state index in [1.807, 2.05) is 73.0 Å². The van der Waals surface area contributed by atoms with Gasteiger partial charge in [0, 0.05) is 10.6 Å². The van der Waals surface area contributed by atoms with Crippen molar-refractivity contribution in [3.8, 4) is 0 Å². The molecule has 1 heterocycles. The fourth-order valence-corrected chi connectivity index (χ4v) is 5.72. The average Bonchev–Trinajstić information content (AvgIpc) is 3.43. The highest BCUT2D eigenvalue weighted by atomic mass is 32.1. The molecule has 1 amide bonds. The summed E-state index contributed by atoms with van der Waals surface area (Å²) in [5.41, 5.74) is 3.96. The molecule has 174 valence electrons. The van der Waals surface area contributed by atoms with Crippen molar-refractivity contribution in [3.63, 3.8) is 0 Å². The fourth-order valence-electron chi connectivity index (χ4n) is 4.89. The molecule has 1 saturated carbocycles. The Morgan fingerprint density at radius 3 is 2.30 bits per heavy atom. The molecule has 2 N–H and O–H groups in total. The van der Waals surface area contributed by atoms with E-state index in [0.717, 1.165) is 52.9 Å². The van der Waals surface area contributed by atoms with Crippen molar-refractivity contribution in [1.29, 1.82) is 0 Å². The van der Waals surface area contributed by atoms with E-state index in [2.05, 4.69) is 5.32 Å². The first-order valence-corrected chi connectivity index (χ1v) is 12.5. The lowest BCUT2D eigenvalue weighted by molar-refractivity contribution is -0.124. The Morgan fingerprint density at radius 1 is 1.06 bits per heavy atom. The predicted octanol–water partition coefficient (Wildman–Crippen LogP) is 4.70. The Hall–Kier alpha value is -2.70. The average molecular weight is 465 g/mol. The maximum atomic E-state index is 13.5. The Kier molecular flexibility index (Phi) is 7.46. The second kappa shape index (κ2) is 10.5. The summed E-state index contributed by atoms with van der Waals surface area (Å²) in [6, 6.07) is 17.3. The lowest BCUT2D eigenvalue weighted by Crippen LogP contribution is -2.37. The molecule has 1 aliphatic carbocycles.